The lowest BCUT2D eigenvalue weighted by Gasteiger charge is -2.12. The number of benzene rings is 1. The summed E-state index contributed by atoms with van der Waals surface area (Å²) in [6.07, 6.45) is 1.31. The van der Waals surface area contributed by atoms with E-state index in [0.29, 0.717) is 5.76 Å². The topological polar surface area (TPSA) is 90.5 Å². The second kappa shape index (κ2) is 7.26. The molecule has 0 spiro atoms. The summed E-state index contributed by atoms with van der Waals surface area (Å²) in [5.41, 5.74) is 0.556. The molecule has 7 heteroatoms. The normalized spacial score (nSPS) is 11.9. The maximum absolute atomic E-state index is 12.3. The average molecular weight is 354 g/mol. The van der Waals surface area contributed by atoms with E-state index in [2.05, 4.69) is 10.1 Å². The lowest BCUT2D eigenvalue weighted by Crippen LogP contribution is -2.33. The fourth-order valence-corrected chi connectivity index (χ4v) is 2.62. The van der Waals surface area contributed by atoms with E-state index in [1.165, 1.54) is 25.4 Å². The van der Waals surface area contributed by atoms with Crippen molar-refractivity contribution >= 4 is 22.8 Å². The molecule has 0 saturated carbocycles. The van der Waals surface area contributed by atoms with Crippen molar-refractivity contribution in [2.24, 2.45) is 0 Å². The van der Waals surface area contributed by atoms with Gasteiger partial charge >= 0.3 is 5.97 Å². The number of nitrogens with one attached hydrogen (secondary N) is 1. The molecular formula is C19H18N2O5. The van der Waals surface area contributed by atoms with Crippen LogP contribution < -0.4 is 10.9 Å². The Hall–Kier alpha value is -3.35. The number of para-hydroxylation sites is 1. The summed E-state index contributed by atoms with van der Waals surface area (Å²) in [5, 5.41) is 3.74. The summed E-state index contributed by atoms with van der Waals surface area (Å²) in [7, 11) is 1.25. The molecule has 134 valence electrons. The third kappa shape index (κ3) is 3.66. The summed E-state index contributed by atoms with van der Waals surface area (Å²) in [4.78, 5) is 35.7. The number of fused-ring (bicyclic) bond motifs is 1. The molecule has 1 unspecified atom stereocenters. The first-order chi connectivity index (χ1) is 12.5. The molecule has 3 rings (SSSR count). The number of methoxy groups -OCH3 is 1. The van der Waals surface area contributed by atoms with Crippen LogP contribution in [0.15, 0.2) is 57.9 Å². The highest BCUT2D eigenvalue weighted by Crippen LogP contribution is 2.23. The molecule has 2 heterocycles. The maximum Gasteiger partial charge on any atom is 0.339 e. The van der Waals surface area contributed by atoms with Gasteiger partial charge in [-0.25, -0.2) is 4.79 Å². The first kappa shape index (κ1) is 17.5. The molecule has 0 fully saturated rings. The molecule has 7 nitrogen and oxygen atoms in total. The Morgan fingerprint density at radius 2 is 2.00 bits per heavy atom. The fourth-order valence-electron chi connectivity index (χ4n) is 2.62. The SMILES string of the molecule is COC(=O)c1ccc(=O)n(CC(=O)NC(C)c2cc3ccccc3o2)c1. The van der Waals surface area contributed by atoms with Gasteiger partial charge < -0.3 is 19.0 Å². The molecule has 0 aliphatic heterocycles. The first-order valence-electron chi connectivity index (χ1n) is 8.04. The Morgan fingerprint density at radius 1 is 1.23 bits per heavy atom. The van der Waals surface area contributed by atoms with Gasteiger partial charge in [-0.1, -0.05) is 18.2 Å². The number of furan rings is 1. The fraction of sp³-hybridized carbons (Fsp3) is 0.211. The van der Waals surface area contributed by atoms with Gasteiger partial charge in [-0.15, -0.1) is 0 Å². The van der Waals surface area contributed by atoms with Crippen LogP contribution in [0.2, 0.25) is 0 Å². The van der Waals surface area contributed by atoms with E-state index in [1.807, 2.05) is 30.3 Å². The van der Waals surface area contributed by atoms with Gasteiger partial charge in [0.2, 0.25) is 5.91 Å². The van der Waals surface area contributed by atoms with Crippen molar-refractivity contribution in [1.29, 1.82) is 0 Å². The Kier molecular flexibility index (Phi) is 4.88. The number of hydrogen-bond acceptors (Lipinski definition) is 5. The lowest BCUT2D eigenvalue weighted by molar-refractivity contribution is -0.122. The van der Waals surface area contributed by atoms with Crippen LogP contribution in [-0.4, -0.2) is 23.6 Å². The van der Waals surface area contributed by atoms with Crippen molar-refractivity contribution in [3.63, 3.8) is 0 Å². The molecule has 0 radical (unpaired) electrons. The van der Waals surface area contributed by atoms with Crippen LogP contribution in [0.25, 0.3) is 11.0 Å². The molecule has 1 aromatic carbocycles. The number of nitrogens with zero attached hydrogens (tertiary/aromatic N) is 1. The van der Waals surface area contributed by atoms with Crippen molar-refractivity contribution in [2.75, 3.05) is 7.11 Å². The van der Waals surface area contributed by atoms with Crippen LogP contribution in [-0.2, 0) is 16.1 Å². The summed E-state index contributed by atoms with van der Waals surface area (Å²) < 4.78 is 11.5. The average Bonchev–Trinajstić information content (AvgIpc) is 3.07. The number of ether oxygens (including phenoxy) is 1. The van der Waals surface area contributed by atoms with E-state index in [1.54, 1.807) is 6.92 Å². The molecule has 1 atom stereocenters. The summed E-state index contributed by atoms with van der Waals surface area (Å²) >= 11 is 0. The summed E-state index contributed by atoms with van der Waals surface area (Å²) in [6, 6.07) is 11.6. The molecule has 0 aliphatic carbocycles. The molecule has 1 N–H and O–H groups in total. The largest absolute Gasteiger partial charge is 0.465 e. The van der Waals surface area contributed by atoms with Gasteiger partial charge in [-0.3, -0.25) is 9.59 Å². The molecule has 0 bridgehead atoms. The van der Waals surface area contributed by atoms with Crippen molar-refractivity contribution in [3.05, 3.63) is 70.3 Å². The summed E-state index contributed by atoms with van der Waals surface area (Å²) in [5.74, 6) is -0.327. The number of esters is 1. The Bertz CT molecular complexity index is 985. The molecule has 3 aromatic rings. The highest BCUT2D eigenvalue weighted by molar-refractivity contribution is 5.89. The number of pyridine rings is 1. The quantitative estimate of drug-likeness (QED) is 0.710. The van der Waals surface area contributed by atoms with Crippen LogP contribution in [0.3, 0.4) is 0 Å². The van der Waals surface area contributed by atoms with Gasteiger partial charge in [0.1, 0.15) is 17.9 Å². The lowest BCUT2D eigenvalue weighted by atomic mass is 10.2. The standard InChI is InChI=1S/C19H18N2O5/c1-12(16-9-13-5-3-4-6-15(13)26-16)20-17(22)11-21-10-14(19(24)25-2)7-8-18(21)23/h3-10,12H,11H2,1-2H3,(H,20,22). The van der Waals surface area contributed by atoms with Gasteiger partial charge in [0.05, 0.1) is 18.7 Å². The number of carbonyl (C=O) groups is 2. The van der Waals surface area contributed by atoms with E-state index >= 15 is 0 Å². The van der Waals surface area contributed by atoms with Gasteiger partial charge in [0, 0.05) is 17.6 Å². The number of carbonyl (C=O) groups excluding carboxylic acids is 2. The third-order valence-electron chi connectivity index (χ3n) is 3.97. The Morgan fingerprint density at radius 3 is 2.73 bits per heavy atom. The number of amides is 1. The van der Waals surface area contributed by atoms with Crippen LogP contribution in [0.5, 0.6) is 0 Å². The highest BCUT2D eigenvalue weighted by Gasteiger charge is 2.15. The van der Waals surface area contributed by atoms with Gasteiger partial charge in [-0.2, -0.15) is 0 Å². The molecule has 0 saturated heterocycles. The summed E-state index contributed by atoms with van der Waals surface area (Å²) in [6.45, 7) is 1.58. The van der Waals surface area contributed by atoms with Gasteiger partial charge in [-0.05, 0) is 25.1 Å². The van der Waals surface area contributed by atoms with Crippen molar-refractivity contribution < 1.29 is 18.7 Å². The van der Waals surface area contributed by atoms with E-state index in [0.717, 1.165) is 15.5 Å². The molecule has 26 heavy (non-hydrogen) atoms. The number of rotatable bonds is 5. The van der Waals surface area contributed by atoms with E-state index in [4.69, 9.17) is 4.42 Å². The Balaban J connectivity index is 1.72. The van der Waals surface area contributed by atoms with Crippen molar-refractivity contribution in [1.82, 2.24) is 9.88 Å². The molecular weight excluding hydrogens is 336 g/mol. The van der Waals surface area contributed by atoms with Crippen LogP contribution in [0, 0.1) is 0 Å². The number of hydrogen-bond donors (Lipinski definition) is 1. The van der Waals surface area contributed by atoms with E-state index in [-0.39, 0.29) is 29.6 Å². The maximum atomic E-state index is 12.3. The highest BCUT2D eigenvalue weighted by atomic mass is 16.5. The van der Waals surface area contributed by atoms with E-state index in [9.17, 15) is 14.4 Å². The molecule has 1 amide bonds. The van der Waals surface area contributed by atoms with Crippen molar-refractivity contribution in [2.45, 2.75) is 19.5 Å². The van der Waals surface area contributed by atoms with Gasteiger partial charge in [0.15, 0.2) is 0 Å². The molecule has 2 aromatic heterocycles. The minimum absolute atomic E-state index is 0.199. The first-order valence-corrected chi connectivity index (χ1v) is 8.04. The predicted octanol–water partition coefficient (Wildman–Crippen LogP) is 2.26. The van der Waals surface area contributed by atoms with Crippen LogP contribution >= 0.6 is 0 Å². The zero-order chi connectivity index (χ0) is 18.7. The zero-order valence-corrected chi connectivity index (χ0v) is 14.4. The smallest absolute Gasteiger partial charge is 0.339 e. The van der Waals surface area contributed by atoms with Crippen LogP contribution in [0.4, 0.5) is 0 Å². The van der Waals surface area contributed by atoms with Crippen LogP contribution in [0.1, 0.15) is 29.1 Å². The minimum atomic E-state index is -0.574. The minimum Gasteiger partial charge on any atom is -0.465 e. The Labute approximate surface area is 149 Å². The monoisotopic (exact) mass is 354 g/mol. The molecule has 0 aliphatic rings. The van der Waals surface area contributed by atoms with Gasteiger partial charge in [0.25, 0.3) is 5.56 Å². The second-order valence-corrected chi connectivity index (χ2v) is 5.85. The van der Waals surface area contributed by atoms with E-state index < -0.39 is 5.97 Å². The zero-order valence-electron chi connectivity index (χ0n) is 14.4. The predicted molar refractivity (Wildman–Crippen MR) is 94.8 cm³/mol. The second-order valence-electron chi connectivity index (χ2n) is 5.85. The van der Waals surface area contributed by atoms with Crippen molar-refractivity contribution in [3.8, 4) is 0 Å². The number of aromatic nitrogens is 1. The third-order valence-corrected chi connectivity index (χ3v) is 3.97.